The van der Waals surface area contributed by atoms with E-state index < -0.39 is 0 Å². The number of pyridine rings is 1. The molecule has 0 fully saturated rings. The first-order chi connectivity index (χ1) is 9.75. The molecule has 3 rings (SSSR count). The van der Waals surface area contributed by atoms with E-state index in [9.17, 15) is 4.79 Å². The van der Waals surface area contributed by atoms with E-state index in [1.54, 1.807) is 18.0 Å². The zero-order chi connectivity index (χ0) is 13.9. The van der Waals surface area contributed by atoms with Crippen molar-refractivity contribution < 1.29 is 4.79 Å². The Labute approximate surface area is 131 Å². The van der Waals surface area contributed by atoms with Crippen LogP contribution in [-0.2, 0) is 11.2 Å². The number of thioether (sulfide) groups is 1. The Morgan fingerprint density at radius 1 is 1.30 bits per heavy atom. The molecule has 1 aliphatic carbocycles. The minimum absolute atomic E-state index is 0.0128. The van der Waals surface area contributed by atoms with Crippen LogP contribution in [0.3, 0.4) is 0 Å². The second-order valence-electron chi connectivity index (χ2n) is 4.82. The topological polar surface area (TPSA) is 30.0 Å². The number of nitrogens with zero attached hydrogens (tertiary/aromatic N) is 1. The molecule has 1 heterocycles. The molecule has 2 nitrogen and oxygen atoms in total. The number of carbonyl (C=O) groups is 1. The molecular formula is C16H14BrNOS. The lowest BCUT2D eigenvalue weighted by atomic mass is 10.0. The molecule has 0 N–H and O–H groups in total. The van der Waals surface area contributed by atoms with Crippen LogP contribution >= 0.6 is 27.7 Å². The monoisotopic (exact) mass is 347 g/mol. The molecule has 1 atom stereocenters. The van der Waals surface area contributed by atoms with Gasteiger partial charge in [-0.1, -0.05) is 18.2 Å². The van der Waals surface area contributed by atoms with Crippen molar-refractivity contribution in [3.05, 3.63) is 58.3 Å². The Balaban J connectivity index is 1.68. The molecule has 1 aromatic carbocycles. The summed E-state index contributed by atoms with van der Waals surface area (Å²) in [5.41, 5.74) is 2.22. The number of rotatable bonds is 4. The van der Waals surface area contributed by atoms with Gasteiger partial charge in [-0.25, -0.2) is 0 Å². The van der Waals surface area contributed by atoms with Crippen molar-refractivity contribution in [2.24, 2.45) is 0 Å². The number of hydrogen-bond acceptors (Lipinski definition) is 3. The lowest BCUT2D eigenvalue weighted by molar-refractivity contribution is -0.118. The molecular weight excluding hydrogens is 334 g/mol. The van der Waals surface area contributed by atoms with Crippen LogP contribution in [-0.4, -0.2) is 16.5 Å². The molecule has 1 aliphatic rings. The maximum Gasteiger partial charge on any atom is 0.152 e. The maximum absolute atomic E-state index is 12.4. The van der Waals surface area contributed by atoms with Gasteiger partial charge in [0, 0.05) is 15.6 Å². The van der Waals surface area contributed by atoms with E-state index >= 15 is 0 Å². The van der Waals surface area contributed by atoms with E-state index in [2.05, 4.69) is 27.0 Å². The van der Waals surface area contributed by atoms with Crippen molar-refractivity contribution in [2.45, 2.75) is 23.7 Å². The highest BCUT2D eigenvalue weighted by molar-refractivity contribution is 9.10. The summed E-state index contributed by atoms with van der Waals surface area (Å²) in [6, 6.07) is 12.0. The molecule has 102 valence electrons. The Morgan fingerprint density at radius 3 is 3.00 bits per heavy atom. The van der Waals surface area contributed by atoms with Crippen LogP contribution in [0.25, 0.3) is 0 Å². The van der Waals surface area contributed by atoms with Gasteiger partial charge in [0.25, 0.3) is 0 Å². The van der Waals surface area contributed by atoms with E-state index in [1.165, 1.54) is 5.56 Å². The van der Waals surface area contributed by atoms with Crippen molar-refractivity contribution in [3.8, 4) is 0 Å². The first-order valence-electron chi connectivity index (χ1n) is 6.59. The van der Waals surface area contributed by atoms with Gasteiger partial charge in [-0.15, -0.1) is 11.8 Å². The van der Waals surface area contributed by atoms with Crippen LogP contribution in [0.4, 0.5) is 0 Å². The highest BCUT2D eigenvalue weighted by Crippen LogP contribution is 2.34. The third kappa shape index (κ3) is 2.81. The second-order valence-corrected chi connectivity index (χ2v) is 6.70. The lowest BCUT2D eigenvalue weighted by Crippen LogP contribution is -2.13. The van der Waals surface area contributed by atoms with E-state index in [4.69, 9.17) is 0 Å². The summed E-state index contributed by atoms with van der Waals surface area (Å²) in [7, 11) is 0. The van der Waals surface area contributed by atoms with E-state index in [-0.39, 0.29) is 11.7 Å². The van der Waals surface area contributed by atoms with Gasteiger partial charge in [0.05, 0.1) is 17.4 Å². The van der Waals surface area contributed by atoms with Crippen molar-refractivity contribution in [1.82, 2.24) is 4.98 Å². The van der Waals surface area contributed by atoms with Gasteiger partial charge in [-0.2, -0.15) is 0 Å². The summed E-state index contributed by atoms with van der Waals surface area (Å²) in [5, 5.41) is 0. The van der Waals surface area contributed by atoms with E-state index in [0.717, 1.165) is 27.9 Å². The molecule has 2 aromatic rings. The van der Waals surface area contributed by atoms with Gasteiger partial charge in [0.2, 0.25) is 0 Å². The standard InChI is InChI=1S/C16H14BrNOS/c17-13-5-1-2-6-15(13)20-10-14(19)12-8-7-11-4-3-9-18-16(11)12/h1-6,9,12H,7-8,10H2. The Kier molecular flexibility index (Phi) is 4.22. The zero-order valence-corrected chi connectivity index (χ0v) is 13.3. The van der Waals surface area contributed by atoms with E-state index in [0.29, 0.717) is 5.75 Å². The van der Waals surface area contributed by atoms with Gasteiger partial charge in [0.1, 0.15) is 0 Å². The van der Waals surface area contributed by atoms with Gasteiger partial charge in [-0.3, -0.25) is 9.78 Å². The number of fused-ring (bicyclic) bond motifs is 1. The number of halogens is 1. The average molecular weight is 348 g/mol. The number of benzene rings is 1. The lowest BCUT2D eigenvalue weighted by Gasteiger charge is -2.09. The quantitative estimate of drug-likeness (QED) is 0.775. The molecule has 0 saturated carbocycles. The molecule has 0 aliphatic heterocycles. The number of Topliss-reactive ketones (excluding diaryl/α,β-unsaturated/α-hetero) is 1. The Hall–Kier alpha value is -1.13. The number of ketones is 1. The predicted molar refractivity (Wildman–Crippen MR) is 85.2 cm³/mol. The fourth-order valence-corrected chi connectivity index (χ4v) is 4.05. The number of carbonyl (C=O) groups excluding carboxylic acids is 1. The predicted octanol–water partition coefficient (Wildman–Crippen LogP) is 4.24. The van der Waals surface area contributed by atoms with Gasteiger partial charge < -0.3 is 0 Å². The van der Waals surface area contributed by atoms with Crippen LogP contribution in [0.2, 0.25) is 0 Å². The summed E-state index contributed by atoms with van der Waals surface area (Å²) in [6.07, 6.45) is 3.66. The number of aryl methyl sites for hydroxylation is 1. The SMILES string of the molecule is O=C(CSc1ccccc1Br)C1CCc2cccnc21. The van der Waals surface area contributed by atoms with Crippen molar-refractivity contribution in [1.29, 1.82) is 0 Å². The zero-order valence-electron chi connectivity index (χ0n) is 10.9. The average Bonchev–Trinajstić information content (AvgIpc) is 2.90. The molecule has 0 bridgehead atoms. The van der Waals surface area contributed by atoms with Crippen LogP contribution in [0.1, 0.15) is 23.6 Å². The largest absolute Gasteiger partial charge is 0.298 e. The summed E-state index contributed by atoms with van der Waals surface area (Å²) in [4.78, 5) is 17.9. The third-order valence-electron chi connectivity index (χ3n) is 3.55. The minimum Gasteiger partial charge on any atom is -0.298 e. The first kappa shape index (κ1) is 13.8. The van der Waals surface area contributed by atoms with Crippen LogP contribution in [0, 0.1) is 0 Å². The first-order valence-corrected chi connectivity index (χ1v) is 8.37. The van der Waals surface area contributed by atoms with Crippen molar-refractivity contribution in [3.63, 3.8) is 0 Å². The van der Waals surface area contributed by atoms with Gasteiger partial charge >= 0.3 is 0 Å². The molecule has 1 unspecified atom stereocenters. The Morgan fingerprint density at radius 2 is 2.15 bits per heavy atom. The summed E-state index contributed by atoms with van der Waals surface area (Å²) in [5.74, 6) is 0.771. The second kappa shape index (κ2) is 6.10. The number of aromatic nitrogens is 1. The van der Waals surface area contributed by atoms with Crippen LogP contribution < -0.4 is 0 Å². The molecule has 0 spiro atoms. The molecule has 1 aromatic heterocycles. The smallest absolute Gasteiger partial charge is 0.152 e. The summed E-state index contributed by atoms with van der Waals surface area (Å²) >= 11 is 5.10. The minimum atomic E-state index is -0.0128. The third-order valence-corrected chi connectivity index (χ3v) is 5.60. The van der Waals surface area contributed by atoms with E-state index in [1.807, 2.05) is 30.3 Å². The maximum atomic E-state index is 12.4. The highest BCUT2D eigenvalue weighted by Gasteiger charge is 2.29. The molecule has 0 amide bonds. The van der Waals surface area contributed by atoms with Gasteiger partial charge in [0.15, 0.2) is 5.78 Å². The fourth-order valence-electron chi connectivity index (χ4n) is 2.54. The highest BCUT2D eigenvalue weighted by atomic mass is 79.9. The van der Waals surface area contributed by atoms with Gasteiger partial charge in [-0.05, 0) is 52.5 Å². The molecule has 4 heteroatoms. The molecule has 0 radical (unpaired) electrons. The van der Waals surface area contributed by atoms with Crippen molar-refractivity contribution in [2.75, 3.05) is 5.75 Å². The molecule has 0 saturated heterocycles. The summed E-state index contributed by atoms with van der Waals surface area (Å²) in [6.45, 7) is 0. The molecule has 20 heavy (non-hydrogen) atoms. The van der Waals surface area contributed by atoms with Crippen LogP contribution in [0.5, 0.6) is 0 Å². The van der Waals surface area contributed by atoms with Crippen LogP contribution in [0.15, 0.2) is 52.0 Å². The fraction of sp³-hybridized carbons (Fsp3) is 0.250. The normalized spacial score (nSPS) is 16.9. The Bertz CT molecular complexity index is 644. The number of hydrogen-bond donors (Lipinski definition) is 0. The summed E-state index contributed by atoms with van der Waals surface area (Å²) < 4.78 is 1.04. The van der Waals surface area contributed by atoms with Crippen molar-refractivity contribution >= 4 is 33.5 Å².